The molecule has 2 N–H and O–H groups in total. The van der Waals surface area contributed by atoms with Gasteiger partial charge >= 0.3 is 0 Å². The van der Waals surface area contributed by atoms with Crippen molar-refractivity contribution >= 4 is 34.2 Å². The Morgan fingerprint density at radius 3 is 2.62 bits per heavy atom. The van der Waals surface area contributed by atoms with E-state index >= 15 is 0 Å². The Hall–Kier alpha value is -3.71. The largest absolute Gasteiger partial charge is 0.496 e. The van der Waals surface area contributed by atoms with Crippen molar-refractivity contribution in [1.29, 1.82) is 0 Å². The van der Waals surface area contributed by atoms with E-state index in [9.17, 15) is 14.4 Å². The summed E-state index contributed by atoms with van der Waals surface area (Å²) in [6.07, 6.45) is 0.554. The first-order valence-corrected chi connectivity index (χ1v) is 10.6. The summed E-state index contributed by atoms with van der Waals surface area (Å²) in [5.74, 6) is -0.0692. The minimum absolute atomic E-state index is 0.195. The standard InChI is InChI=1S/C25H23N3O4/c1-32-21-8-3-2-5-16(21)14-26-13-15-9-10-18-23-17(15)6-4-7-19(23)28(25(18)31)20-11-12-22(29)27-24(20)30/h2-10,20,26H,11-14H2,1H3,(H,27,29,30). The zero-order chi connectivity index (χ0) is 22.2. The number of carbonyl (C=O) groups is 3. The molecule has 1 unspecified atom stereocenters. The van der Waals surface area contributed by atoms with Crippen molar-refractivity contribution < 1.29 is 19.1 Å². The number of imide groups is 1. The first kappa shape index (κ1) is 20.2. The number of piperidine rings is 1. The van der Waals surface area contributed by atoms with Crippen molar-refractivity contribution in [3.05, 3.63) is 71.3 Å². The zero-order valence-electron chi connectivity index (χ0n) is 17.7. The fourth-order valence-electron chi connectivity index (χ4n) is 4.64. The van der Waals surface area contributed by atoms with Crippen LogP contribution in [-0.4, -0.2) is 30.9 Å². The lowest BCUT2D eigenvalue weighted by atomic mass is 10.00. The number of nitrogens with zero attached hydrogens (tertiary/aromatic N) is 1. The summed E-state index contributed by atoms with van der Waals surface area (Å²) in [5.41, 5.74) is 3.45. The predicted octanol–water partition coefficient (Wildman–Crippen LogP) is 2.90. The molecule has 2 aliphatic heterocycles. The highest BCUT2D eigenvalue weighted by Gasteiger charge is 2.40. The van der Waals surface area contributed by atoms with Crippen LogP contribution in [0, 0.1) is 0 Å². The second-order valence-corrected chi connectivity index (χ2v) is 8.03. The van der Waals surface area contributed by atoms with Gasteiger partial charge in [-0.3, -0.25) is 24.6 Å². The number of anilines is 1. The molecule has 3 aromatic carbocycles. The van der Waals surface area contributed by atoms with Crippen LogP contribution in [0.25, 0.3) is 10.8 Å². The fraction of sp³-hybridized carbons (Fsp3) is 0.240. The molecule has 0 bridgehead atoms. The van der Waals surface area contributed by atoms with E-state index in [4.69, 9.17) is 4.74 Å². The second-order valence-electron chi connectivity index (χ2n) is 8.03. The van der Waals surface area contributed by atoms with Gasteiger partial charge in [0.2, 0.25) is 11.8 Å². The van der Waals surface area contributed by atoms with E-state index in [-0.39, 0.29) is 18.2 Å². The maximum atomic E-state index is 13.2. The van der Waals surface area contributed by atoms with Crippen LogP contribution in [0.15, 0.2) is 54.6 Å². The molecule has 3 aromatic rings. The predicted molar refractivity (Wildman–Crippen MR) is 120 cm³/mol. The van der Waals surface area contributed by atoms with E-state index in [0.29, 0.717) is 25.1 Å². The smallest absolute Gasteiger partial charge is 0.259 e. The van der Waals surface area contributed by atoms with E-state index in [2.05, 4.69) is 10.6 Å². The van der Waals surface area contributed by atoms with Crippen molar-refractivity contribution in [2.75, 3.05) is 12.0 Å². The van der Waals surface area contributed by atoms with Crippen molar-refractivity contribution in [2.24, 2.45) is 0 Å². The number of para-hydroxylation sites is 1. The zero-order valence-corrected chi connectivity index (χ0v) is 17.7. The van der Waals surface area contributed by atoms with Gasteiger partial charge in [-0.05, 0) is 35.6 Å². The van der Waals surface area contributed by atoms with Crippen LogP contribution in [0.1, 0.15) is 34.3 Å². The van der Waals surface area contributed by atoms with Gasteiger partial charge in [0, 0.05) is 36.0 Å². The molecular weight excluding hydrogens is 406 g/mol. The lowest BCUT2D eigenvalue weighted by Crippen LogP contribution is -2.53. The highest BCUT2D eigenvalue weighted by atomic mass is 16.5. The molecule has 0 aromatic heterocycles. The quantitative estimate of drug-likeness (QED) is 0.589. The maximum Gasteiger partial charge on any atom is 0.259 e. The maximum absolute atomic E-state index is 13.2. The molecule has 5 rings (SSSR count). The van der Waals surface area contributed by atoms with Gasteiger partial charge in [0.05, 0.1) is 12.8 Å². The van der Waals surface area contributed by atoms with Gasteiger partial charge in [0.1, 0.15) is 11.8 Å². The molecule has 1 saturated heterocycles. The molecule has 1 fully saturated rings. The third-order valence-corrected chi connectivity index (χ3v) is 6.16. The Bertz CT molecular complexity index is 1250. The minimum atomic E-state index is -0.676. The number of nitrogens with one attached hydrogen (secondary N) is 2. The first-order chi connectivity index (χ1) is 15.6. The molecule has 7 heteroatoms. The summed E-state index contributed by atoms with van der Waals surface area (Å²) >= 11 is 0. The van der Waals surface area contributed by atoms with Gasteiger partial charge in [-0.1, -0.05) is 36.4 Å². The molecule has 162 valence electrons. The number of amides is 3. The van der Waals surface area contributed by atoms with E-state index in [1.54, 1.807) is 12.0 Å². The van der Waals surface area contributed by atoms with Gasteiger partial charge in [0.15, 0.2) is 0 Å². The molecular formula is C25H23N3O4. The van der Waals surface area contributed by atoms with Crippen molar-refractivity contribution in [1.82, 2.24) is 10.6 Å². The van der Waals surface area contributed by atoms with Gasteiger partial charge in [0.25, 0.3) is 5.91 Å². The highest BCUT2D eigenvalue weighted by molar-refractivity contribution is 6.27. The average molecular weight is 429 g/mol. The van der Waals surface area contributed by atoms with Crippen LogP contribution in [-0.2, 0) is 22.7 Å². The van der Waals surface area contributed by atoms with Crippen LogP contribution >= 0.6 is 0 Å². The lowest BCUT2D eigenvalue weighted by molar-refractivity contribution is -0.134. The summed E-state index contributed by atoms with van der Waals surface area (Å²) in [6, 6.07) is 16.8. The van der Waals surface area contributed by atoms with E-state index in [1.165, 1.54) is 0 Å². The Balaban J connectivity index is 1.43. The molecule has 7 nitrogen and oxygen atoms in total. The Morgan fingerprint density at radius 1 is 1.00 bits per heavy atom. The van der Waals surface area contributed by atoms with Gasteiger partial charge in [-0.25, -0.2) is 0 Å². The minimum Gasteiger partial charge on any atom is -0.496 e. The third kappa shape index (κ3) is 3.31. The molecule has 0 saturated carbocycles. The molecule has 0 spiro atoms. The SMILES string of the molecule is COc1ccccc1CNCc1ccc2c3c(cccc13)N(C1CCC(=O)NC1=O)C2=O. The summed E-state index contributed by atoms with van der Waals surface area (Å²) < 4.78 is 5.42. The number of rotatable bonds is 6. The lowest BCUT2D eigenvalue weighted by Gasteiger charge is -2.30. The summed E-state index contributed by atoms with van der Waals surface area (Å²) in [5, 5.41) is 7.66. The van der Waals surface area contributed by atoms with Crippen LogP contribution in [0.3, 0.4) is 0 Å². The summed E-state index contributed by atoms with van der Waals surface area (Å²) in [7, 11) is 1.66. The number of hydrogen-bond acceptors (Lipinski definition) is 5. The number of methoxy groups -OCH3 is 1. The number of ether oxygens (including phenoxy) is 1. The van der Waals surface area contributed by atoms with Gasteiger partial charge in [-0.15, -0.1) is 0 Å². The van der Waals surface area contributed by atoms with E-state index < -0.39 is 11.9 Å². The van der Waals surface area contributed by atoms with Crippen molar-refractivity contribution in [3.8, 4) is 5.75 Å². The fourth-order valence-corrected chi connectivity index (χ4v) is 4.64. The van der Waals surface area contributed by atoms with Crippen LogP contribution in [0.4, 0.5) is 5.69 Å². The monoisotopic (exact) mass is 429 g/mol. The number of carbonyl (C=O) groups excluding carboxylic acids is 3. The first-order valence-electron chi connectivity index (χ1n) is 10.6. The van der Waals surface area contributed by atoms with Crippen LogP contribution in [0.2, 0.25) is 0 Å². The Morgan fingerprint density at radius 2 is 1.81 bits per heavy atom. The molecule has 2 aliphatic rings. The van der Waals surface area contributed by atoms with E-state index in [1.807, 2.05) is 54.6 Å². The molecule has 32 heavy (non-hydrogen) atoms. The Kier molecular flexibility index (Phi) is 5.11. The highest BCUT2D eigenvalue weighted by Crippen LogP contribution is 2.40. The Labute approximate surface area is 185 Å². The van der Waals surface area contributed by atoms with E-state index in [0.717, 1.165) is 33.3 Å². The number of benzene rings is 3. The van der Waals surface area contributed by atoms with Crippen molar-refractivity contribution in [2.45, 2.75) is 32.0 Å². The van der Waals surface area contributed by atoms with Gasteiger partial charge in [-0.2, -0.15) is 0 Å². The number of hydrogen-bond donors (Lipinski definition) is 2. The molecule has 2 heterocycles. The summed E-state index contributed by atoms with van der Waals surface area (Å²) in [6.45, 7) is 1.26. The normalized spacial score (nSPS) is 17.7. The van der Waals surface area contributed by atoms with Gasteiger partial charge < -0.3 is 10.1 Å². The second kappa shape index (κ2) is 8.09. The average Bonchev–Trinajstić information content (AvgIpc) is 3.08. The van der Waals surface area contributed by atoms with Crippen LogP contribution in [0.5, 0.6) is 5.75 Å². The molecule has 0 aliphatic carbocycles. The van der Waals surface area contributed by atoms with Crippen LogP contribution < -0.4 is 20.3 Å². The molecule has 3 amide bonds. The molecule has 1 atom stereocenters. The summed E-state index contributed by atoms with van der Waals surface area (Å²) in [4.78, 5) is 38.8. The molecule has 0 radical (unpaired) electrons. The van der Waals surface area contributed by atoms with Crippen molar-refractivity contribution in [3.63, 3.8) is 0 Å². The topological polar surface area (TPSA) is 87.7 Å². The third-order valence-electron chi connectivity index (χ3n) is 6.16.